The van der Waals surface area contributed by atoms with Crippen LogP contribution >= 0.6 is 27.7 Å². The molecule has 0 saturated carbocycles. The average Bonchev–Trinajstić information content (AvgIpc) is 2.85. The Morgan fingerprint density at radius 3 is 2.86 bits per heavy atom. The van der Waals surface area contributed by atoms with Crippen molar-refractivity contribution in [1.29, 1.82) is 0 Å². The van der Waals surface area contributed by atoms with Crippen LogP contribution in [-0.4, -0.2) is 27.7 Å². The minimum Gasteiger partial charge on any atom is -0.355 e. The molecule has 0 spiro atoms. The SMILES string of the molecule is O=C1NCCCC[C@H]1Sc1ncc(-c2ccc(Br)cc2)[nH]1. The van der Waals surface area contributed by atoms with Gasteiger partial charge in [0, 0.05) is 11.0 Å². The minimum absolute atomic E-state index is 0.0450. The molecule has 1 aromatic heterocycles. The zero-order valence-electron chi connectivity index (χ0n) is 11.4. The predicted octanol–water partition coefficient (Wildman–Crippen LogP) is 3.60. The lowest BCUT2D eigenvalue weighted by Crippen LogP contribution is -2.30. The summed E-state index contributed by atoms with van der Waals surface area (Å²) in [7, 11) is 0. The fraction of sp³-hybridized carbons (Fsp3) is 0.333. The lowest BCUT2D eigenvalue weighted by Gasteiger charge is -2.10. The van der Waals surface area contributed by atoms with Crippen LogP contribution in [0.3, 0.4) is 0 Å². The molecule has 0 unspecified atom stereocenters. The van der Waals surface area contributed by atoms with Gasteiger partial charge in [-0.05, 0) is 30.5 Å². The number of hydrogen-bond donors (Lipinski definition) is 2. The molecular weight excluding hydrogens is 350 g/mol. The van der Waals surface area contributed by atoms with Gasteiger partial charge in [-0.3, -0.25) is 4.79 Å². The second kappa shape index (κ2) is 6.66. The van der Waals surface area contributed by atoms with Gasteiger partial charge in [-0.25, -0.2) is 4.98 Å². The topological polar surface area (TPSA) is 57.8 Å². The number of rotatable bonds is 3. The van der Waals surface area contributed by atoms with Crippen LogP contribution in [0, 0.1) is 0 Å². The molecule has 0 bridgehead atoms. The highest BCUT2D eigenvalue weighted by atomic mass is 79.9. The molecule has 2 aromatic rings. The molecule has 2 N–H and O–H groups in total. The molecule has 1 aliphatic heterocycles. The van der Waals surface area contributed by atoms with E-state index in [1.807, 2.05) is 30.5 Å². The lowest BCUT2D eigenvalue weighted by molar-refractivity contribution is -0.120. The molecule has 1 amide bonds. The van der Waals surface area contributed by atoms with Gasteiger partial charge < -0.3 is 10.3 Å². The van der Waals surface area contributed by atoms with Gasteiger partial charge in [0.2, 0.25) is 5.91 Å². The first kappa shape index (κ1) is 14.7. The summed E-state index contributed by atoms with van der Waals surface area (Å²) >= 11 is 4.95. The number of nitrogens with one attached hydrogen (secondary N) is 2. The number of H-pyrrole nitrogens is 1. The Balaban J connectivity index is 1.72. The number of hydrogen-bond acceptors (Lipinski definition) is 3. The van der Waals surface area contributed by atoms with E-state index in [-0.39, 0.29) is 11.2 Å². The standard InChI is InChI=1S/C15H16BrN3OS/c16-11-6-4-10(5-7-11)12-9-18-15(19-12)21-13-3-1-2-8-17-14(13)20/h4-7,9,13H,1-3,8H2,(H,17,20)(H,18,19)/t13-/m1/s1. The zero-order chi connectivity index (χ0) is 14.7. The van der Waals surface area contributed by atoms with Crippen molar-refractivity contribution in [3.63, 3.8) is 0 Å². The first-order chi connectivity index (χ1) is 10.2. The number of aromatic nitrogens is 2. The first-order valence-corrected chi connectivity index (χ1v) is 8.65. The number of aromatic amines is 1. The van der Waals surface area contributed by atoms with E-state index in [1.165, 1.54) is 11.8 Å². The number of halogens is 1. The second-order valence-corrected chi connectivity index (χ2v) is 7.11. The maximum Gasteiger partial charge on any atom is 0.233 e. The molecule has 0 aliphatic carbocycles. The largest absolute Gasteiger partial charge is 0.355 e. The number of carbonyl (C=O) groups excluding carboxylic acids is 1. The molecule has 3 rings (SSSR count). The van der Waals surface area contributed by atoms with Crippen LogP contribution in [0.2, 0.25) is 0 Å². The Hall–Kier alpha value is -1.27. The van der Waals surface area contributed by atoms with E-state index in [1.54, 1.807) is 0 Å². The second-order valence-electron chi connectivity index (χ2n) is 5.00. The van der Waals surface area contributed by atoms with Gasteiger partial charge >= 0.3 is 0 Å². The smallest absolute Gasteiger partial charge is 0.233 e. The number of benzene rings is 1. The van der Waals surface area contributed by atoms with Crippen molar-refractivity contribution in [2.75, 3.05) is 6.54 Å². The van der Waals surface area contributed by atoms with Gasteiger partial charge in [0.25, 0.3) is 0 Å². The highest BCUT2D eigenvalue weighted by Crippen LogP contribution is 2.28. The molecule has 1 aliphatic rings. The molecule has 1 saturated heterocycles. The van der Waals surface area contributed by atoms with E-state index in [0.29, 0.717) is 0 Å². The summed E-state index contributed by atoms with van der Waals surface area (Å²) in [4.78, 5) is 19.6. The number of thioether (sulfide) groups is 1. The molecule has 0 radical (unpaired) electrons. The summed E-state index contributed by atoms with van der Waals surface area (Å²) in [5, 5.41) is 3.71. The van der Waals surface area contributed by atoms with Crippen molar-refractivity contribution in [1.82, 2.24) is 15.3 Å². The number of carbonyl (C=O) groups is 1. The van der Waals surface area contributed by atoms with Crippen LogP contribution in [0.15, 0.2) is 40.1 Å². The van der Waals surface area contributed by atoms with Crippen molar-refractivity contribution >= 4 is 33.6 Å². The number of amides is 1. The molecule has 2 heterocycles. The van der Waals surface area contributed by atoms with Gasteiger partial charge in [0.1, 0.15) is 0 Å². The van der Waals surface area contributed by atoms with Crippen molar-refractivity contribution < 1.29 is 4.79 Å². The normalized spacial score (nSPS) is 19.1. The van der Waals surface area contributed by atoms with Crippen molar-refractivity contribution in [3.8, 4) is 11.3 Å². The summed E-state index contributed by atoms with van der Waals surface area (Å²) in [6.45, 7) is 0.790. The molecule has 6 heteroatoms. The zero-order valence-corrected chi connectivity index (χ0v) is 13.8. The van der Waals surface area contributed by atoms with E-state index < -0.39 is 0 Å². The highest BCUT2D eigenvalue weighted by molar-refractivity contribution is 9.10. The van der Waals surface area contributed by atoms with Crippen LogP contribution in [0.25, 0.3) is 11.3 Å². The van der Waals surface area contributed by atoms with Crippen molar-refractivity contribution in [2.24, 2.45) is 0 Å². The molecule has 4 nitrogen and oxygen atoms in total. The monoisotopic (exact) mass is 365 g/mol. The van der Waals surface area contributed by atoms with Crippen LogP contribution in [0.5, 0.6) is 0 Å². The van der Waals surface area contributed by atoms with Gasteiger partial charge in [-0.1, -0.05) is 46.2 Å². The van der Waals surface area contributed by atoms with E-state index in [4.69, 9.17) is 0 Å². The molecule has 1 aromatic carbocycles. The van der Waals surface area contributed by atoms with Crippen LogP contribution in [0.1, 0.15) is 19.3 Å². The maximum atomic E-state index is 12.0. The predicted molar refractivity (Wildman–Crippen MR) is 88.2 cm³/mol. The Morgan fingerprint density at radius 2 is 2.05 bits per heavy atom. The van der Waals surface area contributed by atoms with Gasteiger partial charge in [-0.2, -0.15) is 0 Å². The van der Waals surface area contributed by atoms with Crippen molar-refractivity contribution in [3.05, 3.63) is 34.9 Å². The minimum atomic E-state index is -0.0450. The first-order valence-electron chi connectivity index (χ1n) is 6.98. The average molecular weight is 366 g/mol. The lowest BCUT2D eigenvalue weighted by atomic mass is 10.2. The fourth-order valence-corrected chi connectivity index (χ4v) is 3.59. The van der Waals surface area contributed by atoms with E-state index in [9.17, 15) is 4.79 Å². The summed E-state index contributed by atoms with van der Waals surface area (Å²) in [5.74, 6) is 0.124. The summed E-state index contributed by atoms with van der Waals surface area (Å²) in [5.41, 5.74) is 2.06. The Kier molecular flexibility index (Phi) is 4.65. The third-order valence-corrected chi connectivity index (χ3v) is 5.14. The quantitative estimate of drug-likeness (QED) is 0.873. The van der Waals surface area contributed by atoms with Crippen LogP contribution in [0.4, 0.5) is 0 Å². The Bertz CT molecular complexity index is 626. The van der Waals surface area contributed by atoms with E-state index in [2.05, 4.69) is 31.2 Å². The van der Waals surface area contributed by atoms with Gasteiger partial charge in [0.05, 0.1) is 17.1 Å². The molecular formula is C15H16BrN3OS. The number of nitrogens with zero attached hydrogens (tertiary/aromatic N) is 1. The van der Waals surface area contributed by atoms with Crippen molar-refractivity contribution in [2.45, 2.75) is 29.7 Å². The van der Waals surface area contributed by atoms with Crippen LogP contribution in [-0.2, 0) is 4.79 Å². The molecule has 21 heavy (non-hydrogen) atoms. The summed E-state index contributed by atoms with van der Waals surface area (Å²) in [6.07, 6.45) is 4.87. The molecule has 1 atom stereocenters. The third kappa shape index (κ3) is 3.68. The maximum absolute atomic E-state index is 12.0. The molecule has 1 fully saturated rings. The highest BCUT2D eigenvalue weighted by Gasteiger charge is 2.22. The summed E-state index contributed by atoms with van der Waals surface area (Å²) < 4.78 is 1.05. The van der Waals surface area contributed by atoms with Crippen LogP contribution < -0.4 is 5.32 Å². The summed E-state index contributed by atoms with van der Waals surface area (Å²) in [6, 6.07) is 8.07. The molecule has 110 valence electrons. The number of imidazole rings is 1. The Labute approximate surface area is 136 Å². The van der Waals surface area contributed by atoms with Gasteiger partial charge in [0.15, 0.2) is 5.16 Å². The van der Waals surface area contributed by atoms with E-state index in [0.717, 1.165) is 46.7 Å². The third-order valence-electron chi connectivity index (χ3n) is 3.45. The fourth-order valence-electron chi connectivity index (χ4n) is 2.30. The van der Waals surface area contributed by atoms with Gasteiger partial charge in [-0.15, -0.1) is 0 Å². The van der Waals surface area contributed by atoms with E-state index >= 15 is 0 Å². The Morgan fingerprint density at radius 1 is 1.24 bits per heavy atom.